The van der Waals surface area contributed by atoms with Gasteiger partial charge in [-0.05, 0) is 6.08 Å². The molecule has 0 spiro atoms. The fourth-order valence-corrected chi connectivity index (χ4v) is 0.825. The second-order valence-electron chi connectivity index (χ2n) is 2.18. The standard InChI is InChI=1S/C6H4ClF3N2O/c7-3-1-4(6(8,9)10)12-5(13)11-2-3/h1-2H,(H2,11,12,13). The molecular weight excluding hydrogens is 209 g/mol. The zero-order valence-corrected chi connectivity index (χ0v) is 6.83. The van der Waals surface area contributed by atoms with E-state index < -0.39 is 17.9 Å². The Balaban J connectivity index is 2.97. The van der Waals surface area contributed by atoms with E-state index in [4.69, 9.17) is 11.6 Å². The number of amides is 2. The van der Waals surface area contributed by atoms with Crippen LogP contribution in [0.15, 0.2) is 23.0 Å². The van der Waals surface area contributed by atoms with Crippen LogP contribution in [0.25, 0.3) is 0 Å². The molecule has 0 bridgehead atoms. The van der Waals surface area contributed by atoms with Crippen LogP contribution in [-0.4, -0.2) is 12.2 Å². The van der Waals surface area contributed by atoms with Gasteiger partial charge in [0.2, 0.25) is 0 Å². The summed E-state index contributed by atoms with van der Waals surface area (Å²) in [4.78, 5) is 10.6. The van der Waals surface area contributed by atoms with Crippen LogP contribution >= 0.6 is 11.6 Å². The smallest absolute Gasteiger partial charge is 0.313 e. The van der Waals surface area contributed by atoms with Crippen LogP contribution in [0.4, 0.5) is 18.0 Å². The minimum absolute atomic E-state index is 0.203. The highest BCUT2D eigenvalue weighted by molar-refractivity contribution is 6.31. The zero-order valence-electron chi connectivity index (χ0n) is 6.07. The summed E-state index contributed by atoms with van der Waals surface area (Å²) in [5, 5.41) is 3.40. The van der Waals surface area contributed by atoms with Gasteiger partial charge in [-0.15, -0.1) is 0 Å². The SMILES string of the molecule is O=C1NC=C(Cl)C=C(C(F)(F)F)N1. The number of hydrogen-bond acceptors (Lipinski definition) is 1. The van der Waals surface area contributed by atoms with Gasteiger partial charge in [0.05, 0.1) is 5.03 Å². The lowest BCUT2D eigenvalue weighted by molar-refractivity contribution is -0.0953. The minimum Gasteiger partial charge on any atom is -0.313 e. The van der Waals surface area contributed by atoms with E-state index in [-0.39, 0.29) is 5.03 Å². The van der Waals surface area contributed by atoms with E-state index in [0.29, 0.717) is 6.08 Å². The average Bonchev–Trinajstić information content (AvgIpc) is 2.12. The molecule has 0 aromatic heterocycles. The molecule has 3 nitrogen and oxygen atoms in total. The summed E-state index contributed by atoms with van der Waals surface area (Å²) in [6.07, 6.45) is -3.02. The van der Waals surface area contributed by atoms with Crippen molar-refractivity contribution in [1.82, 2.24) is 10.6 Å². The Labute approximate surface area is 76.2 Å². The van der Waals surface area contributed by atoms with Gasteiger partial charge >= 0.3 is 12.2 Å². The first-order valence-electron chi connectivity index (χ1n) is 3.11. The number of carbonyl (C=O) groups is 1. The molecule has 13 heavy (non-hydrogen) atoms. The quantitative estimate of drug-likeness (QED) is 0.632. The molecule has 0 saturated heterocycles. The second kappa shape index (κ2) is 3.29. The molecule has 72 valence electrons. The third-order valence-corrected chi connectivity index (χ3v) is 1.40. The van der Waals surface area contributed by atoms with Crippen molar-refractivity contribution in [1.29, 1.82) is 0 Å². The third-order valence-electron chi connectivity index (χ3n) is 1.18. The van der Waals surface area contributed by atoms with Gasteiger partial charge in [0.1, 0.15) is 5.70 Å². The van der Waals surface area contributed by atoms with Gasteiger partial charge in [-0.2, -0.15) is 13.2 Å². The number of alkyl halides is 3. The molecule has 0 fully saturated rings. The molecule has 2 amide bonds. The molecule has 1 rings (SSSR count). The van der Waals surface area contributed by atoms with E-state index in [1.807, 2.05) is 5.32 Å². The van der Waals surface area contributed by atoms with Crippen LogP contribution in [0, 0.1) is 0 Å². The van der Waals surface area contributed by atoms with Crippen LogP contribution in [0.5, 0.6) is 0 Å². The predicted octanol–water partition coefficient (Wildman–Crippen LogP) is 1.83. The highest BCUT2D eigenvalue weighted by Gasteiger charge is 2.35. The van der Waals surface area contributed by atoms with Gasteiger partial charge in [0, 0.05) is 6.20 Å². The van der Waals surface area contributed by atoms with Gasteiger partial charge in [-0.25, -0.2) is 4.79 Å². The Hall–Kier alpha value is -1.17. The van der Waals surface area contributed by atoms with E-state index in [0.717, 1.165) is 6.20 Å². The van der Waals surface area contributed by atoms with Crippen LogP contribution in [0.1, 0.15) is 0 Å². The molecule has 0 radical (unpaired) electrons. The van der Waals surface area contributed by atoms with Gasteiger partial charge in [0.25, 0.3) is 0 Å². The first-order chi connectivity index (χ1) is 5.89. The number of hydrogen-bond donors (Lipinski definition) is 2. The molecular formula is C6H4ClF3N2O. The Bertz CT molecular complexity index is 295. The summed E-state index contributed by atoms with van der Waals surface area (Å²) < 4.78 is 36.2. The van der Waals surface area contributed by atoms with Gasteiger partial charge in [0.15, 0.2) is 0 Å². The Kier molecular flexibility index (Phi) is 2.51. The molecule has 7 heteroatoms. The largest absolute Gasteiger partial charge is 0.431 e. The maximum Gasteiger partial charge on any atom is 0.431 e. The summed E-state index contributed by atoms with van der Waals surface area (Å²) in [5.74, 6) is 0. The summed E-state index contributed by atoms with van der Waals surface area (Å²) in [5.41, 5.74) is -1.19. The van der Waals surface area contributed by atoms with E-state index >= 15 is 0 Å². The summed E-state index contributed by atoms with van der Waals surface area (Å²) in [6, 6.07) is -0.973. The lowest BCUT2D eigenvalue weighted by atomic mass is 10.4. The summed E-state index contributed by atoms with van der Waals surface area (Å²) in [6.45, 7) is 0. The molecule has 1 aliphatic heterocycles. The molecule has 2 N–H and O–H groups in total. The van der Waals surface area contributed by atoms with Crippen molar-refractivity contribution in [2.45, 2.75) is 6.18 Å². The maximum absolute atomic E-state index is 12.1. The van der Waals surface area contributed by atoms with Gasteiger partial charge in [-0.3, -0.25) is 0 Å². The topological polar surface area (TPSA) is 41.1 Å². The van der Waals surface area contributed by atoms with Crippen LogP contribution in [0.2, 0.25) is 0 Å². The summed E-state index contributed by atoms with van der Waals surface area (Å²) >= 11 is 5.32. The molecule has 0 unspecified atom stereocenters. The lowest BCUT2D eigenvalue weighted by Gasteiger charge is -2.10. The lowest BCUT2D eigenvalue weighted by Crippen LogP contribution is -2.35. The van der Waals surface area contributed by atoms with E-state index in [1.54, 1.807) is 5.32 Å². The van der Waals surface area contributed by atoms with E-state index in [9.17, 15) is 18.0 Å². The molecule has 0 saturated carbocycles. The van der Waals surface area contributed by atoms with Crippen LogP contribution in [0.3, 0.4) is 0 Å². The van der Waals surface area contributed by atoms with E-state index in [1.165, 1.54) is 0 Å². The number of halogens is 4. The number of carbonyl (C=O) groups excluding carboxylic acids is 1. The summed E-state index contributed by atoms with van der Waals surface area (Å²) in [7, 11) is 0. The molecule has 0 aromatic carbocycles. The average molecular weight is 213 g/mol. The Morgan fingerprint density at radius 1 is 1.38 bits per heavy atom. The van der Waals surface area contributed by atoms with Crippen LogP contribution < -0.4 is 10.6 Å². The zero-order chi connectivity index (χ0) is 10.1. The predicted molar refractivity (Wildman–Crippen MR) is 39.7 cm³/mol. The molecule has 0 aromatic rings. The number of nitrogens with one attached hydrogen (secondary N) is 2. The van der Waals surface area contributed by atoms with Crippen molar-refractivity contribution in [3.8, 4) is 0 Å². The van der Waals surface area contributed by atoms with Crippen molar-refractivity contribution in [2.24, 2.45) is 0 Å². The second-order valence-corrected chi connectivity index (χ2v) is 2.62. The Morgan fingerprint density at radius 2 is 2.00 bits per heavy atom. The van der Waals surface area contributed by atoms with Crippen molar-refractivity contribution < 1.29 is 18.0 Å². The first kappa shape index (κ1) is 9.91. The fourth-order valence-electron chi connectivity index (χ4n) is 0.661. The maximum atomic E-state index is 12.1. The number of urea groups is 1. The minimum atomic E-state index is -4.62. The molecule has 0 atom stereocenters. The molecule has 1 aliphatic rings. The van der Waals surface area contributed by atoms with Crippen molar-refractivity contribution in [3.63, 3.8) is 0 Å². The molecule has 0 aliphatic carbocycles. The third kappa shape index (κ3) is 2.66. The molecule has 1 heterocycles. The van der Waals surface area contributed by atoms with Crippen LogP contribution in [-0.2, 0) is 0 Å². The van der Waals surface area contributed by atoms with Crippen molar-refractivity contribution in [3.05, 3.63) is 23.0 Å². The first-order valence-corrected chi connectivity index (χ1v) is 3.49. The monoisotopic (exact) mass is 212 g/mol. The van der Waals surface area contributed by atoms with Crippen molar-refractivity contribution in [2.75, 3.05) is 0 Å². The number of allylic oxidation sites excluding steroid dienone is 3. The highest BCUT2D eigenvalue weighted by atomic mass is 35.5. The normalized spacial score (nSPS) is 18.0. The van der Waals surface area contributed by atoms with E-state index in [2.05, 4.69) is 0 Å². The fraction of sp³-hybridized carbons (Fsp3) is 0.167. The Morgan fingerprint density at radius 3 is 2.54 bits per heavy atom. The van der Waals surface area contributed by atoms with Crippen molar-refractivity contribution >= 4 is 17.6 Å². The van der Waals surface area contributed by atoms with Gasteiger partial charge < -0.3 is 10.6 Å². The highest BCUT2D eigenvalue weighted by Crippen LogP contribution is 2.25. The van der Waals surface area contributed by atoms with Gasteiger partial charge in [-0.1, -0.05) is 11.6 Å². The number of rotatable bonds is 0.